The summed E-state index contributed by atoms with van der Waals surface area (Å²) in [5.74, 6) is -2.46. The molecule has 0 aliphatic carbocycles. The first kappa shape index (κ1) is 16.1. The summed E-state index contributed by atoms with van der Waals surface area (Å²) in [5.41, 5.74) is 0.565. The molecule has 1 atom stereocenters. The molecule has 0 saturated heterocycles. The van der Waals surface area contributed by atoms with E-state index in [0.717, 1.165) is 0 Å². The third-order valence-corrected chi connectivity index (χ3v) is 3.15. The number of benzene rings is 1. The van der Waals surface area contributed by atoms with Crippen LogP contribution in [-0.4, -0.2) is 30.6 Å². The molecule has 106 valence electrons. The maximum Gasteiger partial charge on any atom is 0.288 e. The van der Waals surface area contributed by atoms with E-state index >= 15 is 0 Å². The van der Waals surface area contributed by atoms with Crippen LogP contribution in [0.25, 0.3) is 0 Å². The zero-order valence-electron chi connectivity index (χ0n) is 10.7. The minimum atomic E-state index is -2.46. The SMILES string of the molecule is COCC(C)NC(=S)Nc1ccccc1SC(F)F. The number of alkyl halides is 2. The molecule has 0 fully saturated rings. The monoisotopic (exact) mass is 306 g/mol. The van der Waals surface area contributed by atoms with Crippen LogP contribution in [0.4, 0.5) is 14.5 Å². The first-order chi connectivity index (χ1) is 9.02. The molecule has 0 aliphatic rings. The highest BCUT2D eigenvalue weighted by atomic mass is 32.2. The fourth-order valence-electron chi connectivity index (χ4n) is 1.44. The van der Waals surface area contributed by atoms with Gasteiger partial charge in [-0.1, -0.05) is 23.9 Å². The minimum Gasteiger partial charge on any atom is -0.383 e. The van der Waals surface area contributed by atoms with E-state index in [-0.39, 0.29) is 6.04 Å². The lowest BCUT2D eigenvalue weighted by atomic mass is 10.3. The van der Waals surface area contributed by atoms with Crippen LogP contribution < -0.4 is 10.6 Å². The van der Waals surface area contributed by atoms with Gasteiger partial charge in [0.05, 0.1) is 12.3 Å². The molecule has 3 nitrogen and oxygen atoms in total. The second-order valence-electron chi connectivity index (χ2n) is 3.83. The van der Waals surface area contributed by atoms with Gasteiger partial charge >= 0.3 is 0 Å². The second kappa shape index (κ2) is 8.29. The van der Waals surface area contributed by atoms with Crippen molar-refractivity contribution in [2.75, 3.05) is 19.0 Å². The molecular formula is C12H16F2N2OS2. The van der Waals surface area contributed by atoms with Crippen LogP contribution in [0.3, 0.4) is 0 Å². The van der Waals surface area contributed by atoms with Crippen LogP contribution >= 0.6 is 24.0 Å². The van der Waals surface area contributed by atoms with E-state index in [1.54, 1.807) is 31.4 Å². The van der Waals surface area contributed by atoms with Gasteiger partial charge < -0.3 is 15.4 Å². The van der Waals surface area contributed by atoms with Gasteiger partial charge in [-0.3, -0.25) is 0 Å². The van der Waals surface area contributed by atoms with E-state index in [4.69, 9.17) is 17.0 Å². The smallest absolute Gasteiger partial charge is 0.288 e. The highest BCUT2D eigenvalue weighted by Gasteiger charge is 2.11. The first-order valence-electron chi connectivity index (χ1n) is 5.63. The molecule has 0 amide bonds. The first-order valence-corrected chi connectivity index (χ1v) is 6.92. The predicted octanol–water partition coefficient (Wildman–Crippen LogP) is 3.32. The highest BCUT2D eigenvalue weighted by molar-refractivity contribution is 7.99. The molecule has 7 heteroatoms. The number of anilines is 1. The van der Waals surface area contributed by atoms with Crippen molar-refractivity contribution >= 4 is 34.8 Å². The molecule has 1 aromatic rings. The molecule has 2 N–H and O–H groups in total. The fraction of sp³-hybridized carbons (Fsp3) is 0.417. The molecule has 1 aromatic carbocycles. The molecule has 0 aromatic heterocycles. The molecule has 0 aliphatic heterocycles. The van der Waals surface area contributed by atoms with E-state index < -0.39 is 5.76 Å². The zero-order valence-corrected chi connectivity index (χ0v) is 12.3. The van der Waals surface area contributed by atoms with Crippen molar-refractivity contribution in [2.24, 2.45) is 0 Å². The summed E-state index contributed by atoms with van der Waals surface area (Å²) in [6.07, 6.45) is 0. The largest absolute Gasteiger partial charge is 0.383 e. The van der Waals surface area contributed by atoms with Crippen LogP contribution in [0.5, 0.6) is 0 Å². The van der Waals surface area contributed by atoms with Gasteiger partial charge in [-0.15, -0.1) is 0 Å². The van der Waals surface area contributed by atoms with Crippen LogP contribution in [0, 0.1) is 0 Å². The molecule has 0 spiro atoms. The minimum absolute atomic E-state index is 0.0416. The lowest BCUT2D eigenvalue weighted by Crippen LogP contribution is -2.38. The quantitative estimate of drug-likeness (QED) is 0.622. The fourth-order valence-corrected chi connectivity index (χ4v) is 2.35. The summed E-state index contributed by atoms with van der Waals surface area (Å²) in [4.78, 5) is 0.459. The Balaban J connectivity index is 2.63. The molecule has 1 unspecified atom stereocenters. The van der Waals surface area contributed by atoms with Crippen LogP contribution in [0.2, 0.25) is 0 Å². The molecule has 1 rings (SSSR count). The van der Waals surface area contributed by atoms with Crippen molar-refractivity contribution in [2.45, 2.75) is 23.6 Å². The number of halogens is 2. The van der Waals surface area contributed by atoms with Gasteiger partial charge in [0.15, 0.2) is 5.11 Å². The lowest BCUT2D eigenvalue weighted by Gasteiger charge is -2.17. The molecule has 19 heavy (non-hydrogen) atoms. The Hall–Kier alpha value is -0.920. The van der Waals surface area contributed by atoms with Crippen molar-refractivity contribution in [1.29, 1.82) is 0 Å². The number of para-hydroxylation sites is 1. The third-order valence-electron chi connectivity index (χ3n) is 2.15. The summed E-state index contributed by atoms with van der Waals surface area (Å²) >= 11 is 5.61. The number of ether oxygens (including phenoxy) is 1. The standard InChI is InChI=1S/C12H16F2N2OS2/c1-8(7-17-2)15-12(18)16-9-5-3-4-6-10(9)19-11(13)14/h3-6,8,11H,7H2,1-2H3,(H2,15,16,18). The van der Waals surface area contributed by atoms with Crippen LogP contribution in [0.15, 0.2) is 29.2 Å². The third kappa shape index (κ3) is 6.17. The average molecular weight is 306 g/mol. The van der Waals surface area contributed by atoms with Gasteiger partial charge in [0.2, 0.25) is 0 Å². The number of rotatable bonds is 6. The van der Waals surface area contributed by atoms with Crippen molar-refractivity contribution < 1.29 is 13.5 Å². The zero-order chi connectivity index (χ0) is 14.3. The number of thiocarbonyl (C=S) groups is 1. The molecule has 0 radical (unpaired) electrons. The number of nitrogens with one attached hydrogen (secondary N) is 2. The summed E-state index contributed by atoms with van der Waals surface area (Å²) in [7, 11) is 1.60. The average Bonchev–Trinajstić information content (AvgIpc) is 2.31. The van der Waals surface area contributed by atoms with Crippen molar-refractivity contribution in [1.82, 2.24) is 5.32 Å². The van der Waals surface area contributed by atoms with E-state index in [0.29, 0.717) is 34.1 Å². The summed E-state index contributed by atoms with van der Waals surface area (Å²) in [6.45, 7) is 2.42. The van der Waals surface area contributed by atoms with E-state index in [1.165, 1.54) is 0 Å². The van der Waals surface area contributed by atoms with Gasteiger partial charge in [-0.05, 0) is 31.3 Å². The van der Waals surface area contributed by atoms with Gasteiger partial charge in [0.1, 0.15) is 0 Å². The van der Waals surface area contributed by atoms with Crippen LogP contribution in [-0.2, 0) is 4.74 Å². The number of methoxy groups -OCH3 is 1. The Morgan fingerprint density at radius 1 is 1.42 bits per heavy atom. The van der Waals surface area contributed by atoms with E-state index in [1.807, 2.05) is 6.92 Å². The number of hydrogen-bond acceptors (Lipinski definition) is 3. The molecule has 0 saturated carbocycles. The summed E-state index contributed by atoms with van der Waals surface area (Å²) in [6, 6.07) is 6.85. The van der Waals surface area contributed by atoms with Crippen LogP contribution in [0.1, 0.15) is 6.92 Å². The Kier molecular flexibility index (Phi) is 7.04. The molecule has 0 bridgehead atoms. The van der Waals surface area contributed by atoms with Gasteiger partial charge in [0, 0.05) is 18.0 Å². The second-order valence-corrected chi connectivity index (χ2v) is 5.27. The maximum atomic E-state index is 12.4. The highest BCUT2D eigenvalue weighted by Crippen LogP contribution is 2.31. The maximum absolute atomic E-state index is 12.4. The van der Waals surface area contributed by atoms with Crippen molar-refractivity contribution in [3.05, 3.63) is 24.3 Å². The van der Waals surface area contributed by atoms with Gasteiger partial charge in [-0.25, -0.2) is 0 Å². The number of thioether (sulfide) groups is 1. The Labute approximate surface area is 121 Å². The van der Waals surface area contributed by atoms with Gasteiger partial charge in [0.25, 0.3) is 5.76 Å². The number of hydrogen-bond donors (Lipinski definition) is 2. The lowest BCUT2D eigenvalue weighted by molar-refractivity contribution is 0.179. The normalized spacial score (nSPS) is 12.3. The topological polar surface area (TPSA) is 33.3 Å². The summed E-state index contributed by atoms with van der Waals surface area (Å²) < 4.78 is 29.8. The summed E-state index contributed by atoms with van der Waals surface area (Å²) in [5, 5.41) is 6.31. The molecular weight excluding hydrogens is 290 g/mol. The Bertz CT molecular complexity index is 418. The van der Waals surface area contributed by atoms with Crippen molar-refractivity contribution in [3.63, 3.8) is 0 Å². The predicted molar refractivity (Wildman–Crippen MR) is 79.0 cm³/mol. The molecule has 0 heterocycles. The van der Waals surface area contributed by atoms with E-state index in [2.05, 4.69) is 10.6 Å². The van der Waals surface area contributed by atoms with Crippen molar-refractivity contribution in [3.8, 4) is 0 Å². The van der Waals surface area contributed by atoms with Gasteiger partial charge in [-0.2, -0.15) is 8.78 Å². The van der Waals surface area contributed by atoms with E-state index in [9.17, 15) is 8.78 Å². The Morgan fingerprint density at radius 3 is 2.74 bits per heavy atom. The Morgan fingerprint density at radius 2 is 2.11 bits per heavy atom.